The van der Waals surface area contributed by atoms with Gasteiger partial charge in [-0.2, -0.15) is 15.0 Å². The molecule has 13 heavy (non-hydrogen) atoms. The monoisotopic (exact) mass is 186 g/mol. The molecular formula is C6H14N6O. The number of hydrogen-bond donors (Lipinski definition) is 4. The molecule has 0 amide bonds. The van der Waals surface area contributed by atoms with Crippen LogP contribution in [0.15, 0.2) is 0 Å². The van der Waals surface area contributed by atoms with Crippen molar-refractivity contribution in [2.75, 3.05) is 23.5 Å². The Morgan fingerprint density at radius 2 is 1.62 bits per heavy atom. The number of aromatic nitrogens is 3. The molecular weight excluding hydrogens is 172 g/mol. The van der Waals surface area contributed by atoms with Crippen molar-refractivity contribution in [1.29, 1.82) is 0 Å². The average Bonchev–Trinajstić information content (AvgIpc) is 2.06. The van der Waals surface area contributed by atoms with E-state index < -0.39 is 0 Å². The van der Waals surface area contributed by atoms with Crippen LogP contribution in [-0.4, -0.2) is 26.8 Å². The number of aliphatic hydroxyl groups is 1. The molecule has 0 saturated carbocycles. The molecule has 0 aliphatic heterocycles. The molecule has 1 rings (SSSR count). The van der Waals surface area contributed by atoms with Crippen molar-refractivity contribution >= 4 is 17.8 Å². The third kappa shape index (κ3) is 4.06. The van der Waals surface area contributed by atoms with Gasteiger partial charge in [-0.25, -0.2) is 0 Å². The number of aliphatic hydroxyl groups excluding tert-OH is 1. The summed E-state index contributed by atoms with van der Waals surface area (Å²) in [6.45, 7) is 3.73. The van der Waals surface area contributed by atoms with Crippen LogP contribution >= 0.6 is 0 Å². The number of nitrogens with one attached hydrogen (secondary N) is 1. The van der Waals surface area contributed by atoms with Gasteiger partial charge in [0.1, 0.15) is 6.73 Å². The predicted molar refractivity (Wildman–Crippen MR) is 50.7 cm³/mol. The second kappa shape index (κ2) is 5.95. The first-order valence-corrected chi connectivity index (χ1v) is 3.84. The second-order valence-electron chi connectivity index (χ2n) is 1.71. The van der Waals surface area contributed by atoms with E-state index >= 15 is 0 Å². The SMILES string of the molecule is CC.Nc1nc(N)nc(NCO)n1. The van der Waals surface area contributed by atoms with Crippen molar-refractivity contribution < 1.29 is 5.11 Å². The van der Waals surface area contributed by atoms with Gasteiger partial charge in [0.25, 0.3) is 0 Å². The minimum atomic E-state index is -0.275. The summed E-state index contributed by atoms with van der Waals surface area (Å²) in [5, 5.41) is 10.8. The zero-order valence-electron chi connectivity index (χ0n) is 7.65. The van der Waals surface area contributed by atoms with Crippen LogP contribution < -0.4 is 16.8 Å². The van der Waals surface area contributed by atoms with Crippen LogP contribution in [0.4, 0.5) is 17.8 Å². The number of hydrogen-bond acceptors (Lipinski definition) is 7. The first-order chi connectivity index (χ1) is 6.22. The summed E-state index contributed by atoms with van der Waals surface area (Å²) in [7, 11) is 0. The molecule has 6 N–H and O–H groups in total. The van der Waals surface area contributed by atoms with Crippen molar-refractivity contribution in [3.8, 4) is 0 Å². The van der Waals surface area contributed by atoms with Gasteiger partial charge in [-0.1, -0.05) is 13.8 Å². The number of nitrogens with zero attached hydrogens (tertiary/aromatic N) is 3. The number of nitrogens with two attached hydrogens (primary N) is 2. The van der Waals surface area contributed by atoms with Crippen LogP contribution in [-0.2, 0) is 0 Å². The molecule has 0 spiro atoms. The lowest BCUT2D eigenvalue weighted by Crippen LogP contribution is -2.09. The van der Waals surface area contributed by atoms with E-state index in [4.69, 9.17) is 16.6 Å². The fourth-order valence-corrected chi connectivity index (χ4v) is 0.559. The lowest BCUT2D eigenvalue weighted by molar-refractivity contribution is 0.324. The van der Waals surface area contributed by atoms with Crippen molar-refractivity contribution in [3.05, 3.63) is 0 Å². The van der Waals surface area contributed by atoms with Crippen LogP contribution in [0, 0.1) is 0 Å². The summed E-state index contributed by atoms with van der Waals surface area (Å²) < 4.78 is 0. The van der Waals surface area contributed by atoms with Crippen molar-refractivity contribution in [1.82, 2.24) is 15.0 Å². The fourth-order valence-electron chi connectivity index (χ4n) is 0.559. The maximum atomic E-state index is 8.41. The first-order valence-electron chi connectivity index (χ1n) is 3.84. The van der Waals surface area contributed by atoms with Gasteiger partial charge in [0.05, 0.1) is 0 Å². The Balaban J connectivity index is 0.000000671. The number of nitrogen functional groups attached to an aromatic ring is 2. The van der Waals surface area contributed by atoms with Gasteiger partial charge in [0, 0.05) is 0 Å². The molecule has 0 saturated heterocycles. The minimum absolute atomic E-state index is 0.0217. The zero-order valence-corrected chi connectivity index (χ0v) is 7.65. The van der Waals surface area contributed by atoms with Gasteiger partial charge < -0.3 is 21.9 Å². The number of anilines is 3. The Labute approximate surface area is 76.2 Å². The molecule has 74 valence electrons. The van der Waals surface area contributed by atoms with Crippen LogP contribution in [0.25, 0.3) is 0 Å². The largest absolute Gasteiger partial charge is 0.376 e. The lowest BCUT2D eigenvalue weighted by atomic mass is 10.8. The Bertz CT molecular complexity index is 233. The highest BCUT2D eigenvalue weighted by Gasteiger charge is 1.98. The van der Waals surface area contributed by atoms with Gasteiger partial charge in [0.15, 0.2) is 0 Å². The zero-order chi connectivity index (χ0) is 10.3. The Morgan fingerprint density at radius 3 is 2.00 bits per heavy atom. The van der Waals surface area contributed by atoms with Gasteiger partial charge in [-0.15, -0.1) is 0 Å². The quantitative estimate of drug-likeness (QED) is 0.456. The maximum Gasteiger partial charge on any atom is 0.231 e. The molecule has 0 aromatic carbocycles. The molecule has 0 radical (unpaired) electrons. The highest BCUT2D eigenvalue weighted by molar-refractivity contribution is 5.36. The molecule has 7 nitrogen and oxygen atoms in total. The summed E-state index contributed by atoms with van der Waals surface area (Å²) in [5.41, 5.74) is 10.5. The molecule has 0 bridgehead atoms. The van der Waals surface area contributed by atoms with Gasteiger partial charge in [0.2, 0.25) is 17.8 Å². The van der Waals surface area contributed by atoms with Gasteiger partial charge >= 0.3 is 0 Å². The normalized spacial score (nSPS) is 8.54. The van der Waals surface area contributed by atoms with E-state index in [1.54, 1.807) is 0 Å². The Kier molecular flexibility index (Phi) is 5.20. The topological polar surface area (TPSA) is 123 Å². The van der Waals surface area contributed by atoms with Crippen molar-refractivity contribution in [2.45, 2.75) is 13.8 Å². The van der Waals surface area contributed by atoms with E-state index in [9.17, 15) is 0 Å². The smallest absolute Gasteiger partial charge is 0.231 e. The van der Waals surface area contributed by atoms with E-state index in [0.29, 0.717) is 0 Å². The first kappa shape index (κ1) is 11.4. The lowest BCUT2D eigenvalue weighted by Gasteiger charge is -2.00. The van der Waals surface area contributed by atoms with Crippen molar-refractivity contribution in [3.63, 3.8) is 0 Å². The summed E-state index contributed by atoms with van der Waals surface area (Å²) in [6, 6.07) is 0. The molecule has 0 fully saturated rings. The molecule has 0 aliphatic rings. The molecule has 0 atom stereocenters. The molecule has 1 aromatic heterocycles. The minimum Gasteiger partial charge on any atom is -0.376 e. The summed E-state index contributed by atoms with van der Waals surface area (Å²) >= 11 is 0. The Morgan fingerprint density at radius 1 is 1.15 bits per heavy atom. The van der Waals surface area contributed by atoms with E-state index in [-0.39, 0.29) is 24.6 Å². The van der Waals surface area contributed by atoms with Crippen LogP contribution in [0.5, 0.6) is 0 Å². The molecule has 0 aliphatic carbocycles. The third-order valence-corrected chi connectivity index (χ3v) is 0.907. The van der Waals surface area contributed by atoms with Crippen LogP contribution in [0.2, 0.25) is 0 Å². The Hall–Kier alpha value is -1.63. The fraction of sp³-hybridized carbons (Fsp3) is 0.500. The van der Waals surface area contributed by atoms with Crippen molar-refractivity contribution in [2.24, 2.45) is 0 Å². The third-order valence-electron chi connectivity index (χ3n) is 0.907. The molecule has 1 aromatic rings. The van der Waals surface area contributed by atoms with Gasteiger partial charge in [-0.3, -0.25) is 0 Å². The summed E-state index contributed by atoms with van der Waals surface area (Å²) in [6.07, 6.45) is 0. The van der Waals surface area contributed by atoms with E-state index in [1.807, 2.05) is 13.8 Å². The summed E-state index contributed by atoms with van der Waals surface area (Å²) in [5.74, 6) is 0.208. The van der Waals surface area contributed by atoms with E-state index in [0.717, 1.165) is 0 Å². The molecule has 0 unspecified atom stereocenters. The highest BCUT2D eigenvalue weighted by atomic mass is 16.3. The highest BCUT2D eigenvalue weighted by Crippen LogP contribution is 2.01. The van der Waals surface area contributed by atoms with E-state index in [1.165, 1.54) is 0 Å². The summed E-state index contributed by atoms with van der Waals surface area (Å²) in [4.78, 5) is 10.8. The van der Waals surface area contributed by atoms with Crippen LogP contribution in [0.3, 0.4) is 0 Å². The maximum absolute atomic E-state index is 8.41. The molecule has 7 heteroatoms. The standard InChI is InChI=1S/C4H8N6O.C2H6/c5-2-8-3(6)10-4(9-2)7-1-11;1-2/h11H,1H2,(H5,5,6,7,8,9,10);1-2H3. The predicted octanol–water partition coefficient (Wildman–Crippen LogP) is -0.576. The second-order valence-corrected chi connectivity index (χ2v) is 1.71. The molecule has 1 heterocycles. The average molecular weight is 186 g/mol. The van der Waals surface area contributed by atoms with Crippen LogP contribution in [0.1, 0.15) is 13.8 Å². The van der Waals surface area contributed by atoms with E-state index in [2.05, 4.69) is 20.3 Å². The number of rotatable bonds is 2. The van der Waals surface area contributed by atoms with Gasteiger partial charge in [-0.05, 0) is 0 Å².